The normalized spacial score (nSPS) is 24.1. The lowest BCUT2D eigenvalue weighted by Crippen LogP contribution is -2.38. The molecule has 1 fully saturated rings. The molecule has 104 valence electrons. The van der Waals surface area contributed by atoms with E-state index in [1.54, 1.807) is 6.08 Å². The number of nitrogens with one attached hydrogen (secondary N) is 1. The Balaban J connectivity index is 2.01. The van der Waals surface area contributed by atoms with Gasteiger partial charge in [-0.3, -0.25) is 0 Å². The van der Waals surface area contributed by atoms with Gasteiger partial charge in [0.2, 0.25) is 10.0 Å². The van der Waals surface area contributed by atoms with Crippen LogP contribution in [-0.4, -0.2) is 21.0 Å². The predicted molar refractivity (Wildman–Crippen MR) is 77.7 cm³/mol. The Labute approximate surface area is 114 Å². The minimum atomic E-state index is -3.39. The standard InChI is InChI=1S/C14H20N2O2S/c15-11-13-7-4-8-14(13)16-19(17,18)10-9-12-5-2-1-3-6-12/h1-3,5-6,9-10,13-14,16H,4,7-8,11,15H2. The van der Waals surface area contributed by atoms with Crippen molar-refractivity contribution in [1.82, 2.24) is 4.72 Å². The van der Waals surface area contributed by atoms with Crippen molar-refractivity contribution in [3.8, 4) is 0 Å². The molecule has 4 nitrogen and oxygen atoms in total. The molecule has 0 aromatic heterocycles. The Kier molecular flexibility index (Phi) is 4.74. The van der Waals surface area contributed by atoms with Crippen molar-refractivity contribution in [2.45, 2.75) is 25.3 Å². The summed E-state index contributed by atoms with van der Waals surface area (Å²) in [5, 5.41) is 1.23. The van der Waals surface area contributed by atoms with Gasteiger partial charge in [-0.2, -0.15) is 0 Å². The van der Waals surface area contributed by atoms with Crippen molar-refractivity contribution in [1.29, 1.82) is 0 Å². The van der Waals surface area contributed by atoms with E-state index in [1.807, 2.05) is 30.3 Å². The van der Waals surface area contributed by atoms with E-state index >= 15 is 0 Å². The van der Waals surface area contributed by atoms with Crippen LogP contribution in [-0.2, 0) is 10.0 Å². The third-order valence-corrected chi connectivity index (χ3v) is 4.64. The zero-order valence-corrected chi connectivity index (χ0v) is 11.6. The average Bonchev–Trinajstić information content (AvgIpc) is 2.84. The fourth-order valence-electron chi connectivity index (χ4n) is 2.46. The molecule has 0 saturated heterocycles. The quantitative estimate of drug-likeness (QED) is 0.862. The summed E-state index contributed by atoms with van der Waals surface area (Å²) in [6.45, 7) is 0.537. The molecule has 1 aliphatic rings. The summed E-state index contributed by atoms with van der Waals surface area (Å²) in [6, 6.07) is 9.36. The number of benzene rings is 1. The maximum atomic E-state index is 12.0. The zero-order valence-electron chi connectivity index (χ0n) is 10.8. The van der Waals surface area contributed by atoms with E-state index < -0.39 is 10.0 Å². The maximum Gasteiger partial charge on any atom is 0.233 e. The molecule has 2 atom stereocenters. The Morgan fingerprint density at radius 2 is 2.00 bits per heavy atom. The first kappa shape index (κ1) is 14.2. The summed E-state index contributed by atoms with van der Waals surface area (Å²) in [7, 11) is -3.39. The first-order valence-corrected chi connectivity index (χ1v) is 8.11. The van der Waals surface area contributed by atoms with E-state index in [-0.39, 0.29) is 12.0 Å². The van der Waals surface area contributed by atoms with Crippen molar-refractivity contribution >= 4 is 16.1 Å². The molecule has 1 aromatic carbocycles. The monoisotopic (exact) mass is 280 g/mol. The Morgan fingerprint density at radius 1 is 1.26 bits per heavy atom. The van der Waals surface area contributed by atoms with E-state index in [0.29, 0.717) is 6.54 Å². The highest BCUT2D eigenvalue weighted by atomic mass is 32.2. The Hall–Kier alpha value is -1.17. The first-order chi connectivity index (χ1) is 9.11. The van der Waals surface area contributed by atoms with Gasteiger partial charge in [-0.1, -0.05) is 36.8 Å². The first-order valence-electron chi connectivity index (χ1n) is 6.56. The van der Waals surface area contributed by atoms with Gasteiger partial charge in [0.25, 0.3) is 0 Å². The van der Waals surface area contributed by atoms with Gasteiger partial charge >= 0.3 is 0 Å². The minimum Gasteiger partial charge on any atom is -0.330 e. The summed E-state index contributed by atoms with van der Waals surface area (Å²) < 4.78 is 26.7. The molecule has 3 N–H and O–H groups in total. The van der Waals surface area contributed by atoms with Gasteiger partial charge in [-0.05, 0) is 36.9 Å². The largest absolute Gasteiger partial charge is 0.330 e. The van der Waals surface area contributed by atoms with Crippen molar-refractivity contribution in [3.05, 3.63) is 41.3 Å². The fraction of sp³-hybridized carbons (Fsp3) is 0.429. The van der Waals surface area contributed by atoms with Crippen LogP contribution in [0.5, 0.6) is 0 Å². The maximum absolute atomic E-state index is 12.0. The second-order valence-electron chi connectivity index (χ2n) is 4.91. The van der Waals surface area contributed by atoms with E-state index in [9.17, 15) is 8.42 Å². The van der Waals surface area contributed by atoms with Gasteiger partial charge in [-0.15, -0.1) is 0 Å². The molecule has 0 aliphatic heterocycles. The lowest BCUT2D eigenvalue weighted by molar-refractivity contribution is 0.455. The number of hydrogen-bond acceptors (Lipinski definition) is 3. The summed E-state index contributed by atoms with van der Waals surface area (Å²) in [4.78, 5) is 0. The molecule has 0 heterocycles. The van der Waals surface area contributed by atoms with E-state index in [0.717, 1.165) is 24.8 Å². The third kappa shape index (κ3) is 4.16. The molecule has 1 saturated carbocycles. The van der Waals surface area contributed by atoms with Crippen LogP contribution in [0, 0.1) is 5.92 Å². The molecule has 1 aliphatic carbocycles. The van der Waals surface area contributed by atoms with Crippen molar-refractivity contribution in [2.24, 2.45) is 11.7 Å². The highest BCUT2D eigenvalue weighted by Crippen LogP contribution is 2.25. The fourth-order valence-corrected chi connectivity index (χ4v) is 3.60. The van der Waals surface area contributed by atoms with Crippen molar-refractivity contribution < 1.29 is 8.42 Å². The SMILES string of the molecule is NCC1CCCC1NS(=O)(=O)C=Cc1ccccc1. The number of hydrogen-bond donors (Lipinski definition) is 2. The number of sulfonamides is 1. The summed E-state index contributed by atoms with van der Waals surface area (Å²) in [5.41, 5.74) is 6.53. The van der Waals surface area contributed by atoms with Gasteiger partial charge in [0.05, 0.1) is 0 Å². The van der Waals surface area contributed by atoms with Gasteiger partial charge in [0.1, 0.15) is 0 Å². The topological polar surface area (TPSA) is 72.2 Å². The lowest BCUT2D eigenvalue weighted by atomic mass is 10.1. The van der Waals surface area contributed by atoms with Gasteiger partial charge < -0.3 is 5.73 Å². The third-order valence-electron chi connectivity index (χ3n) is 3.52. The molecule has 5 heteroatoms. The average molecular weight is 280 g/mol. The Morgan fingerprint density at radius 3 is 2.68 bits per heavy atom. The van der Waals surface area contributed by atoms with Crippen LogP contribution in [0.2, 0.25) is 0 Å². The summed E-state index contributed by atoms with van der Waals surface area (Å²) in [5.74, 6) is 0.264. The van der Waals surface area contributed by atoms with Crippen LogP contribution in [0.1, 0.15) is 24.8 Å². The molecular formula is C14H20N2O2S. The zero-order chi connectivity index (χ0) is 13.7. The van der Waals surface area contributed by atoms with E-state index in [4.69, 9.17) is 5.73 Å². The minimum absolute atomic E-state index is 0.0181. The smallest absolute Gasteiger partial charge is 0.233 e. The van der Waals surface area contributed by atoms with Crippen molar-refractivity contribution in [2.75, 3.05) is 6.54 Å². The molecule has 2 rings (SSSR count). The second kappa shape index (κ2) is 6.32. The number of nitrogens with two attached hydrogens (primary N) is 1. The molecular weight excluding hydrogens is 260 g/mol. The lowest BCUT2D eigenvalue weighted by Gasteiger charge is -2.18. The molecule has 0 bridgehead atoms. The second-order valence-corrected chi connectivity index (χ2v) is 6.51. The number of rotatable bonds is 5. The van der Waals surface area contributed by atoms with Crippen LogP contribution >= 0.6 is 0 Å². The predicted octanol–water partition coefficient (Wildman–Crippen LogP) is 1.70. The Bertz CT molecular complexity index is 526. The summed E-state index contributed by atoms with van der Waals surface area (Å²) >= 11 is 0. The molecule has 1 aromatic rings. The molecule has 0 amide bonds. The van der Waals surface area contributed by atoms with E-state index in [2.05, 4.69) is 4.72 Å². The highest BCUT2D eigenvalue weighted by Gasteiger charge is 2.28. The van der Waals surface area contributed by atoms with Crippen LogP contribution in [0.3, 0.4) is 0 Å². The molecule has 0 spiro atoms. The highest BCUT2D eigenvalue weighted by molar-refractivity contribution is 7.92. The van der Waals surface area contributed by atoms with Gasteiger partial charge in [-0.25, -0.2) is 13.1 Å². The molecule has 19 heavy (non-hydrogen) atoms. The van der Waals surface area contributed by atoms with Crippen LogP contribution in [0.4, 0.5) is 0 Å². The van der Waals surface area contributed by atoms with Crippen LogP contribution in [0.15, 0.2) is 35.7 Å². The summed E-state index contributed by atoms with van der Waals surface area (Å²) in [6.07, 6.45) is 4.53. The van der Waals surface area contributed by atoms with Gasteiger partial charge in [0, 0.05) is 11.4 Å². The van der Waals surface area contributed by atoms with Gasteiger partial charge in [0.15, 0.2) is 0 Å². The molecule has 2 unspecified atom stereocenters. The van der Waals surface area contributed by atoms with Crippen LogP contribution < -0.4 is 10.5 Å². The van der Waals surface area contributed by atoms with Crippen molar-refractivity contribution in [3.63, 3.8) is 0 Å². The van der Waals surface area contributed by atoms with E-state index in [1.165, 1.54) is 5.41 Å². The molecule has 0 radical (unpaired) electrons. The van der Waals surface area contributed by atoms with Crippen LogP contribution in [0.25, 0.3) is 6.08 Å².